The summed E-state index contributed by atoms with van der Waals surface area (Å²) in [7, 11) is 2.15. The van der Waals surface area contributed by atoms with E-state index in [1.807, 2.05) is 0 Å². The molecule has 1 aliphatic heterocycles. The molecular formula is C10H18N4. The molecule has 0 amide bonds. The fraction of sp³-hybridized carbons (Fsp3) is 0.700. The second kappa shape index (κ2) is 4.11. The molecule has 0 aliphatic carbocycles. The van der Waals surface area contributed by atoms with Crippen LogP contribution in [0, 0.1) is 0 Å². The van der Waals surface area contributed by atoms with Gasteiger partial charge in [-0.15, -0.1) is 0 Å². The third-order valence-electron chi connectivity index (χ3n) is 2.89. The Labute approximate surface area is 84.7 Å². The third kappa shape index (κ3) is 1.96. The molecule has 0 radical (unpaired) electrons. The van der Waals surface area contributed by atoms with Gasteiger partial charge in [-0.2, -0.15) is 0 Å². The number of rotatable bonds is 3. The summed E-state index contributed by atoms with van der Waals surface area (Å²) >= 11 is 0. The van der Waals surface area contributed by atoms with Crippen LogP contribution >= 0.6 is 0 Å². The van der Waals surface area contributed by atoms with Gasteiger partial charge in [-0.1, -0.05) is 6.92 Å². The minimum Gasteiger partial charge on any atom is -0.347 e. The molecule has 1 atom stereocenters. The Morgan fingerprint density at radius 2 is 2.50 bits per heavy atom. The summed E-state index contributed by atoms with van der Waals surface area (Å²) in [6.45, 7) is 5.31. The number of aromatic amines is 1. The molecule has 2 heterocycles. The zero-order chi connectivity index (χ0) is 9.97. The van der Waals surface area contributed by atoms with Crippen LogP contribution in [0.1, 0.15) is 18.3 Å². The minimum atomic E-state index is 0.552. The molecule has 1 aliphatic rings. The van der Waals surface area contributed by atoms with Gasteiger partial charge in [0.1, 0.15) is 0 Å². The van der Waals surface area contributed by atoms with Crippen LogP contribution in [0.3, 0.4) is 0 Å². The lowest BCUT2D eigenvalue weighted by Gasteiger charge is -2.26. The van der Waals surface area contributed by atoms with Gasteiger partial charge in [0.2, 0.25) is 0 Å². The van der Waals surface area contributed by atoms with Crippen LogP contribution in [-0.2, 0) is 13.0 Å². The monoisotopic (exact) mass is 194 g/mol. The Bertz CT molecular complexity index is 294. The first-order chi connectivity index (χ1) is 6.79. The smallest absolute Gasteiger partial charge is 0.0925 e. The number of fused-ring (bicyclic) bond motifs is 1. The van der Waals surface area contributed by atoms with Gasteiger partial charge in [-0.05, 0) is 13.6 Å². The zero-order valence-electron chi connectivity index (χ0n) is 8.88. The standard InChI is InChI=1S/C10H18N4/c1-3-14(2)6-8-4-9-10(5-11-8)13-7-12-9/h7-8,11H,3-6H2,1-2H3,(H,12,13). The van der Waals surface area contributed by atoms with E-state index in [1.54, 1.807) is 6.33 Å². The van der Waals surface area contributed by atoms with Crippen molar-refractivity contribution in [3.05, 3.63) is 17.7 Å². The van der Waals surface area contributed by atoms with Crippen molar-refractivity contribution in [2.24, 2.45) is 0 Å². The van der Waals surface area contributed by atoms with E-state index in [4.69, 9.17) is 0 Å². The van der Waals surface area contributed by atoms with Gasteiger partial charge in [-0.3, -0.25) is 0 Å². The minimum absolute atomic E-state index is 0.552. The molecule has 0 saturated heterocycles. The van der Waals surface area contributed by atoms with Crippen molar-refractivity contribution in [1.29, 1.82) is 0 Å². The predicted octanol–water partition coefficient (Wildman–Crippen LogP) is 0.376. The Balaban J connectivity index is 1.94. The molecule has 0 aromatic carbocycles. The highest BCUT2D eigenvalue weighted by atomic mass is 15.1. The van der Waals surface area contributed by atoms with E-state index >= 15 is 0 Å². The van der Waals surface area contributed by atoms with E-state index in [0.717, 1.165) is 26.1 Å². The van der Waals surface area contributed by atoms with Crippen LogP contribution in [0.5, 0.6) is 0 Å². The molecule has 2 rings (SSSR count). The number of hydrogen-bond acceptors (Lipinski definition) is 3. The van der Waals surface area contributed by atoms with Gasteiger partial charge in [0.05, 0.1) is 17.7 Å². The molecule has 1 unspecified atom stereocenters. The molecule has 4 heteroatoms. The number of aromatic nitrogens is 2. The number of nitrogens with one attached hydrogen (secondary N) is 2. The highest BCUT2D eigenvalue weighted by Crippen LogP contribution is 2.12. The summed E-state index contributed by atoms with van der Waals surface area (Å²) < 4.78 is 0. The van der Waals surface area contributed by atoms with Crippen LogP contribution in [-0.4, -0.2) is 41.0 Å². The fourth-order valence-corrected chi connectivity index (χ4v) is 1.86. The predicted molar refractivity (Wildman–Crippen MR) is 56.1 cm³/mol. The van der Waals surface area contributed by atoms with Crippen LogP contribution in [0.15, 0.2) is 6.33 Å². The van der Waals surface area contributed by atoms with Crippen LogP contribution < -0.4 is 5.32 Å². The highest BCUT2D eigenvalue weighted by molar-refractivity contribution is 5.15. The fourth-order valence-electron chi connectivity index (χ4n) is 1.86. The average molecular weight is 194 g/mol. The SMILES string of the molecule is CCN(C)CC1Cc2nc[nH]c2CN1. The number of imidazole rings is 1. The maximum Gasteiger partial charge on any atom is 0.0925 e. The van der Waals surface area contributed by atoms with Gasteiger partial charge in [-0.25, -0.2) is 4.98 Å². The van der Waals surface area contributed by atoms with E-state index in [0.29, 0.717) is 6.04 Å². The van der Waals surface area contributed by atoms with Crippen molar-refractivity contribution in [3.8, 4) is 0 Å². The largest absolute Gasteiger partial charge is 0.347 e. The molecule has 0 bridgehead atoms. The Kier molecular flexibility index (Phi) is 2.84. The Morgan fingerprint density at radius 3 is 3.29 bits per heavy atom. The Morgan fingerprint density at radius 1 is 1.64 bits per heavy atom. The first kappa shape index (κ1) is 9.68. The number of H-pyrrole nitrogens is 1. The first-order valence-electron chi connectivity index (χ1n) is 5.22. The topological polar surface area (TPSA) is 44.0 Å². The highest BCUT2D eigenvalue weighted by Gasteiger charge is 2.20. The van der Waals surface area contributed by atoms with Crippen molar-refractivity contribution >= 4 is 0 Å². The quantitative estimate of drug-likeness (QED) is 0.731. The van der Waals surface area contributed by atoms with Crippen LogP contribution in [0.2, 0.25) is 0 Å². The molecule has 2 N–H and O–H groups in total. The van der Waals surface area contributed by atoms with Gasteiger partial charge in [0.15, 0.2) is 0 Å². The van der Waals surface area contributed by atoms with E-state index < -0.39 is 0 Å². The van der Waals surface area contributed by atoms with E-state index in [2.05, 4.69) is 34.2 Å². The second-order valence-corrected chi connectivity index (χ2v) is 3.96. The van der Waals surface area contributed by atoms with Gasteiger partial charge in [0.25, 0.3) is 0 Å². The number of likely N-dealkylation sites (N-methyl/N-ethyl adjacent to an activating group) is 1. The zero-order valence-corrected chi connectivity index (χ0v) is 8.88. The summed E-state index contributed by atoms with van der Waals surface area (Å²) in [6.07, 6.45) is 2.83. The number of nitrogens with zero attached hydrogens (tertiary/aromatic N) is 2. The average Bonchev–Trinajstić information content (AvgIpc) is 2.64. The summed E-state index contributed by atoms with van der Waals surface area (Å²) in [5.41, 5.74) is 2.48. The van der Waals surface area contributed by atoms with E-state index in [-0.39, 0.29) is 0 Å². The second-order valence-electron chi connectivity index (χ2n) is 3.96. The van der Waals surface area contributed by atoms with Crippen molar-refractivity contribution in [3.63, 3.8) is 0 Å². The van der Waals surface area contributed by atoms with E-state index in [9.17, 15) is 0 Å². The van der Waals surface area contributed by atoms with Crippen molar-refractivity contribution in [2.75, 3.05) is 20.1 Å². The lowest BCUT2D eigenvalue weighted by atomic mass is 10.1. The van der Waals surface area contributed by atoms with Crippen LogP contribution in [0.4, 0.5) is 0 Å². The normalized spacial score (nSPS) is 21.2. The van der Waals surface area contributed by atoms with Crippen LogP contribution in [0.25, 0.3) is 0 Å². The Hall–Kier alpha value is -0.870. The van der Waals surface area contributed by atoms with Gasteiger partial charge in [0, 0.05) is 25.6 Å². The maximum atomic E-state index is 4.33. The van der Waals surface area contributed by atoms with Crippen molar-refractivity contribution in [2.45, 2.75) is 25.9 Å². The van der Waals surface area contributed by atoms with Gasteiger partial charge < -0.3 is 15.2 Å². The summed E-state index contributed by atoms with van der Waals surface area (Å²) in [6, 6.07) is 0.552. The number of hydrogen-bond donors (Lipinski definition) is 2. The van der Waals surface area contributed by atoms with Gasteiger partial charge >= 0.3 is 0 Å². The van der Waals surface area contributed by atoms with Crippen molar-refractivity contribution < 1.29 is 0 Å². The summed E-state index contributed by atoms with van der Waals surface area (Å²) in [5.74, 6) is 0. The molecular weight excluding hydrogens is 176 g/mol. The molecule has 0 fully saturated rings. The van der Waals surface area contributed by atoms with Crippen molar-refractivity contribution in [1.82, 2.24) is 20.2 Å². The molecule has 0 saturated carbocycles. The molecule has 1 aromatic heterocycles. The first-order valence-corrected chi connectivity index (χ1v) is 5.22. The molecule has 0 spiro atoms. The maximum absolute atomic E-state index is 4.33. The lowest BCUT2D eigenvalue weighted by Crippen LogP contribution is -2.43. The van der Waals surface area contributed by atoms with E-state index in [1.165, 1.54) is 11.4 Å². The lowest BCUT2D eigenvalue weighted by molar-refractivity contribution is 0.290. The molecule has 4 nitrogen and oxygen atoms in total. The molecule has 14 heavy (non-hydrogen) atoms. The molecule has 1 aromatic rings. The summed E-state index contributed by atoms with van der Waals surface area (Å²) in [5, 5.41) is 3.51. The third-order valence-corrected chi connectivity index (χ3v) is 2.89. The summed E-state index contributed by atoms with van der Waals surface area (Å²) in [4.78, 5) is 9.81. The molecule has 78 valence electrons.